The van der Waals surface area contributed by atoms with Gasteiger partial charge < -0.3 is 14.7 Å². The van der Waals surface area contributed by atoms with Crippen LogP contribution in [0.2, 0.25) is 0 Å². The van der Waals surface area contributed by atoms with Gasteiger partial charge in [0.2, 0.25) is 0 Å². The molecule has 0 aromatic heterocycles. The normalized spacial score (nSPS) is 27.4. The zero-order valence-electron chi connectivity index (χ0n) is 10.6. The number of morpholine rings is 1. The number of likely N-dealkylation sites (N-methyl/N-ethyl adjacent to an activating group) is 1. The fourth-order valence-corrected chi connectivity index (χ4v) is 2.42. The molecule has 1 amide bonds. The molecule has 2 fully saturated rings. The van der Waals surface area contributed by atoms with Crippen LogP contribution in [0.3, 0.4) is 0 Å². The van der Waals surface area contributed by atoms with Crippen molar-refractivity contribution in [2.75, 3.05) is 39.3 Å². The predicted molar refractivity (Wildman–Crippen MR) is 63.6 cm³/mol. The third kappa shape index (κ3) is 2.64. The summed E-state index contributed by atoms with van der Waals surface area (Å²) in [5, 5.41) is 18.4. The first-order valence-electron chi connectivity index (χ1n) is 6.30. The van der Waals surface area contributed by atoms with E-state index in [1.54, 1.807) is 4.90 Å². The number of hydrogen-bond donors (Lipinski definition) is 1. The topological polar surface area (TPSA) is 76.8 Å². The molecule has 2 rings (SSSR count). The molecule has 2 aliphatic heterocycles. The second-order valence-electron chi connectivity index (χ2n) is 5.01. The molecule has 1 N–H and O–H groups in total. The van der Waals surface area contributed by atoms with E-state index in [0.717, 1.165) is 13.1 Å². The standard InChI is InChI=1S/C12H19N3O3/c1-2-14-5-6-18-10(7-14)11(16)15-8-12(17,9-15)3-4-13/h10,17H,2-3,5-9H2,1H3. The van der Waals surface area contributed by atoms with Crippen LogP contribution in [-0.4, -0.2) is 71.8 Å². The summed E-state index contributed by atoms with van der Waals surface area (Å²) < 4.78 is 5.48. The Kier molecular flexibility index (Phi) is 3.85. The lowest BCUT2D eigenvalue weighted by molar-refractivity contribution is -0.170. The second kappa shape index (κ2) is 5.22. The molecule has 6 heteroatoms. The smallest absolute Gasteiger partial charge is 0.253 e. The maximum atomic E-state index is 12.1. The fraction of sp³-hybridized carbons (Fsp3) is 0.833. The molecule has 0 radical (unpaired) electrons. The zero-order chi connectivity index (χ0) is 13.2. The molecular weight excluding hydrogens is 234 g/mol. The van der Waals surface area contributed by atoms with Gasteiger partial charge in [0.15, 0.2) is 0 Å². The van der Waals surface area contributed by atoms with E-state index in [0.29, 0.717) is 13.2 Å². The highest BCUT2D eigenvalue weighted by Crippen LogP contribution is 2.25. The van der Waals surface area contributed by atoms with E-state index in [9.17, 15) is 9.90 Å². The summed E-state index contributed by atoms with van der Waals surface area (Å²) in [4.78, 5) is 15.9. The number of nitriles is 1. The molecular formula is C12H19N3O3. The molecule has 2 heterocycles. The molecule has 0 aliphatic carbocycles. The van der Waals surface area contributed by atoms with Crippen LogP contribution in [0.15, 0.2) is 0 Å². The Morgan fingerprint density at radius 2 is 2.33 bits per heavy atom. The van der Waals surface area contributed by atoms with Crippen LogP contribution in [0.25, 0.3) is 0 Å². The van der Waals surface area contributed by atoms with Gasteiger partial charge in [-0.25, -0.2) is 0 Å². The van der Waals surface area contributed by atoms with Crippen molar-refractivity contribution < 1.29 is 14.6 Å². The van der Waals surface area contributed by atoms with Gasteiger partial charge in [-0.15, -0.1) is 0 Å². The summed E-state index contributed by atoms with van der Waals surface area (Å²) in [5.41, 5.74) is -1.01. The summed E-state index contributed by atoms with van der Waals surface area (Å²) >= 11 is 0. The van der Waals surface area contributed by atoms with Crippen molar-refractivity contribution in [1.82, 2.24) is 9.80 Å². The maximum absolute atomic E-state index is 12.1. The van der Waals surface area contributed by atoms with Crippen LogP contribution in [0.5, 0.6) is 0 Å². The Balaban J connectivity index is 1.84. The van der Waals surface area contributed by atoms with Crippen molar-refractivity contribution in [3.05, 3.63) is 0 Å². The summed E-state index contributed by atoms with van der Waals surface area (Å²) in [5.74, 6) is -0.0734. The first-order chi connectivity index (χ1) is 8.58. The number of β-amino-alcohol motifs (C(OH)–C–C–N with tert-alkyl or cyclic N) is 1. The number of ether oxygens (including phenoxy) is 1. The van der Waals surface area contributed by atoms with Crippen molar-refractivity contribution in [1.29, 1.82) is 5.26 Å². The molecule has 18 heavy (non-hydrogen) atoms. The lowest BCUT2D eigenvalue weighted by Gasteiger charge is -2.47. The third-order valence-electron chi connectivity index (χ3n) is 3.56. The zero-order valence-corrected chi connectivity index (χ0v) is 10.6. The largest absolute Gasteiger partial charge is 0.385 e. The maximum Gasteiger partial charge on any atom is 0.253 e. The van der Waals surface area contributed by atoms with Gasteiger partial charge in [-0.3, -0.25) is 9.69 Å². The average molecular weight is 253 g/mol. The van der Waals surface area contributed by atoms with E-state index < -0.39 is 11.7 Å². The average Bonchev–Trinajstić information content (AvgIpc) is 2.35. The number of nitrogens with zero attached hydrogens (tertiary/aromatic N) is 3. The lowest BCUT2D eigenvalue weighted by Crippen LogP contribution is -2.66. The van der Waals surface area contributed by atoms with Gasteiger partial charge in [0, 0.05) is 13.1 Å². The minimum atomic E-state index is -1.01. The Labute approximate surface area is 107 Å². The summed E-state index contributed by atoms with van der Waals surface area (Å²) in [6.45, 7) is 5.49. The van der Waals surface area contributed by atoms with Crippen molar-refractivity contribution >= 4 is 5.91 Å². The summed E-state index contributed by atoms with van der Waals surface area (Å²) in [7, 11) is 0. The van der Waals surface area contributed by atoms with Crippen LogP contribution in [0.1, 0.15) is 13.3 Å². The Hall–Kier alpha value is -1.16. The third-order valence-corrected chi connectivity index (χ3v) is 3.56. The van der Waals surface area contributed by atoms with E-state index >= 15 is 0 Å². The van der Waals surface area contributed by atoms with Gasteiger partial charge in [0.1, 0.15) is 11.7 Å². The number of rotatable bonds is 3. The minimum absolute atomic E-state index is 0.0728. The van der Waals surface area contributed by atoms with Gasteiger partial charge in [-0.05, 0) is 6.54 Å². The van der Waals surface area contributed by atoms with Crippen LogP contribution < -0.4 is 0 Å². The molecule has 0 saturated carbocycles. The van der Waals surface area contributed by atoms with Crippen molar-refractivity contribution in [2.24, 2.45) is 0 Å². The van der Waals surface area contributed by atoms with Gasteiger partial charge in [0.25, 0.3) is 5.91 Å². The molecule has 0 aromatic rings. The second-order valence-corrected chi connectivity index (χ2v) is 5.01. The quantitative estimate of drug-likeness (QED) is 0.712. The molecule has 100 valence electrons. The van der Waals surface area contributed by atoms with Crippen LogP contribution in [-0.2, 0) is 9.53 Å². The van der Waals surface area contributed by atoms with E-state index in [1.807, 2.05) is 6.07 Å². The minimum Gasteiger partial charge on any atom is -0.385 e. The highest BCUT2D eigenvalue weighted by atomic mass is 16.5. The molecule has 6 nitrogen and oxygen atoms in total. The van der Waals surface area contributed by atoms with Gasteiger partial charge in [-0.2, -0.15) is 5.26 Å². The van der Waals surface area contributed by atoms with E-state index in [1.165, 1.54) is 0 Å². The first kappa shape index (κ1) is 13.3. The Morgan fingerprint density at radius 1 is 1.61 bits per heavy atom. The molecule has 1 unspecified atom stereocenters. The van der Waals surface area contributed by atoms with Crippen LogP contribution in [0.4, 0.5) is 0 Å². The summed E-state index contributed by atoms with van der Waals surface area (Å²) in [6, 6.07) is 1.94. The van der Waals surface area contributed by atoms with Gasteiger partial charge >= 0.3 is 0 Å². The number of carbonyl (C=O) groups is 1. The van der Waals surface area contributed by atoms with E-state index in [4.69, 9.17) is 10.00 Å². The first-order valence-corrected chi connectivity index (χ1v) is 6.30. The van der Waals surface area contributed by atoms with Crippen LogP contribution in [0, 0.1) is 11.3 Å². The lowest BCUT2D eigenvalue weighted by atomic mass is 9.90. The monoisotopic (exact) mass is 253 g/mol. The van der Waals surface area contributed by atoms with Crippen molar-refractivity contribution in [2.45, 2.75) is 25.0 Å². The number of hydrogen-bond acceptors (Lipinski definition) is 5. The van der Waals surface area contributed by atoms with Crippen LogP contribution >= 0.6 is 0 Å². The van der Waals surface area contributed by atoms with Gasteiger partial charge in [0.05, 0.1) is 32.2 Å². The molecule has 0 spiro atoms. The van der Waals surface area contributed by atoms with Crippen molar-refractivity contribution in [3.8, 4) is 6.07 Å². The highest BCUT2D eigenvalue weighted by molar-refractivity contribution is 5.82. The summed E-state index contributed by atoms with van der Waals surface area (Å²) in [6.07, 6.45) is -0.353. The van der Waals surface area contributed by atoms with Gasteiger partial charge in [-0.1, -0.05) is 6.92 Å². The molecule has 0 bridgehead atoms. The molecule has 2 aliphatic rings. The number of carbonyl (C=O) groups excluding carboxylic acids is 1. The Bertz CT molecular complexity index is 360. The molecule has 2 saturated heterocycles. The highest BCUT2D eigenvalue weighted by Gasteiger charge is 2.45. The number of likely N-dealkylation sites (tertiary alicyclic amines) is 1. The number of aliphatic hydroxyl groups is 1. The Morgan fingerprint density at radius 3 is 2.94 bits per heavy atom. The predicted octanol–water partition coefficient (Wildman–Crippen LogP) is -0.806. The fourth-order valence-electron chi connectivity index (χ4n) is 2.42. The molecule has 1 atom stereocenters. The molecule has 0 aromatic carbocycles. The number of amides is 1. The SMILES string of the molecule is CCN1CCOC(C(=O)N2CC(O)(CC#N)C2)C1. The van der Waals surface area contributed by atoms with Crippen molar-refractivity contribution in [3.63, 3.8) is 0 Å². The van der Waals surface area contributed by atoms with E-state index in [2.05, 4.69) is 11.8 Å². The van der Waals surface area contributed by atoms with E-state index in [-0.39, 0.29) is 25.4 Å².